The fraction of sp³-hybridized carbons (Fsp3) is 0.353. The Morgan fingerprint density at radius 2 is 2.04 bits per heavy atom. The molecule has 6 heteroatoms. The fourth-order valence-corrected chi connectivity index (χ4v) is 3.35. The molecule has 1 N–H and O–H groups in total. The molecule has 3 rings (SSSR count). The predicted molar refractivity (Wildman–Crippen MR) is 89.1 cm³/mol. The van der Waals surface area contributed by atoms with Gasteiger partial charge in [-0.2, -0.15) is 0 Å². The van der Waals surface area contributed by atoms with Gasteiger partial charge in [0.15, 0.2) is 9.84 Å². The van der Waals surface area contributed by atoms with E-state index in [0.29, 0.717) is 11.4 Å². The van der Waals surface area contributed by atoms with Gasteiger partial charge in [0.2, 0.25) is 0 Å². The van der Waals surface area contributed by atoms with E-state index in [1.165, 1.54) is 6.26 Å². The molecule has 1 aromatic heterocycles. The summed E-state index contributed by atoms with van der Waals surface area (Å²) >= 11 is 0. The van der Waals surface area contributed by atoms with E-state index in [-0.39, 0.29) is 6.04 Å². The zero-order valence-electron chi connectivity index (χ0n) is 13.0. The summed E-state index contributed by atoms with van der Waals surface area (Å²) in [6.07, 6.45) is 5.87. The zero-order chi connectivity index (χ0) is 16.3. The summed E-state index contributed by atoms with van der Waals surface area (Å²) in [5.41, 5.74) is 1.09. The standard InChI is InChI=1S/C17H20N2O3S/c1-23(20,21)15-9-7-13(8-10-15)16-5-2-6-17(19-16)18-12-14-4-3-11-22-14/h3-4,7-11,16H,2,5-6,12H2,1H3,(H,18,19). The third-order valence-electron chi connectivity index (χ3n) is 3.96. The molecule has 1 aliphatic heterocycles. The molecule has 2 heterocycles. The number of benzene rings is 1. The van der Waals surface area contributed by atoms with Crippen LogP contribution in [-0.4, -0.2) is 20.5 Å². The van der Waals surface area contributed by atoms with Crippen LogP contribution in [0.3, 0.4) is 0 Å². The molecule has 1 saturated heterocycles. The number of nitrogens with one attached hydrogen (secondary N) is 1. The molecule has 2 aromatic rings. The largest absolute Gasteiger partial charge is 0.467 e. The molecule has 5 nitrogen and oxygen atoms in total. The lowest BCUT2D eigenvalue weighted by atomic mass is 9.97. The van der Waals surface area contributed by atoms with Crippen molar-refractivity contribution in [2.75, 3.05) is 6.26 Å². The Bertz CT molecular complexity index is 778. The molecule has 1 fully saturated rings. The van der Waals surface area contributed by atoms with Crippen LogP contribution in [-0.2, 0) is 16.4 Å². The van der Waals surface area contributed by atoms with Gasteiger partial charge >= 0.3 is 0 Å². The van der Waals surface area contributed by atoms with Gasteiger partial charge in [-0.15, -0.1) is 0 Å². The summed E-state index contributed by atoms with van der Waals surface area (Å²) < 4.78 is 28.3. The van der Waals surface area contributed by atoms with Crippen molar-refractivity contribution in [2.24, 2.45) is 4.99 Å². The Morgan fingerprint density at radius 1 is 1.26 bits per heavy atom. The normalized spacial score (nSPS) is 20.4. The van der Waals surface area contributed by atoms with Crippen LogP contribution in [0.25, 0.3) is 0 Å². The molecule has 0 bridgehead atoms. The van der Waals surface area contributed by atoms with Gasteiger partial charge in [-0.05, 0) is 42.7 Å². The van der Waals surface area contributed by atoms with Crippen molar-refractivity contribution in [3.8, 4) is 0 Å². The third kappa shape index (κ3) is 4.01. The molecular weight excluding hydrogens is 312 g/mol. The number of furan rings is 1. The van der Waals surface area contributed by atoms with E-state index in [4.69, 9.17) is 4.42 Å². The number of nitrogens with zero attached hydrogens (tertiary/aromatic N) is 1. The van der Waals surface area contributed by atoms with Gasteiger partial charge in [-0.25, -0.2) is 8.42 Å². The molecule has 0 amide bonds. The third-order valence-corrected chi connectivity index (χ3v) is 5.09. The van der Waals surface area contributed by atoms with E-state index in [1.54, 1.807) is 18.4 Å². The molecule has 1 unspecified atom stereocenters. The quantitative estimate of drug-likeness (QED) is 0.934. The second-order valence-electron chi connectivity index (χ2n) is 5.77. The van der Waals surface area contributed by atoms with Crippen LogP contribution in [0.15, 0.2) is 57.0 Å². The number of hydrogen-bond acceptors (Lipinski definition) is 4. The van der Waals surface area contributed by atoms with E-state index < -0.39 is 9.84 Å². The van der Waals surface area contributed by atoms with Crippen molar-refractivity contribution in [1.29, 1.82) is 0 Å². The van der Waals surface area contributed by atoms with E-state index in [1.807, 2.05) is 24.3 Å². The number of rotatable bonds is 4. The molecule has 0 spiro atoms. The highest BCUT2D eigenvalue weighted by molar-refractivity contribution is 7.90. The highest BCUT2D eigenvalue weighted by Crippen LogP contribution is 2.25. The molecule has 1 aromatic carbocycles. The van der Waals surface area contributed by atoms with Crippen LogP contribution in [0.4, 0.5) is 0 Å². The first kappa shape index (κ1) is 15.8. The highest BCUT2D eigenvalue weighted by Gasteiger charge is 2.19. The van der Waals surface area contributed by atoms with E-state index in [9.17, 15) is 8.42 Å². The number of aliphatic imine (C=N–C) groups is 1. The lowest BCUT2D eigenvalue weighted by Gasteiger charge is -2.26. The lowest BCUT2D eigenvalue weighted by Crippen LogP contribution is -2.32. The van der Waals surface area contributed by atoms with Gasteiger partial charge in [0.05, 0.1) is 29.6 Å². The number of sulfone groups is 1. The Balaban J connectivity index is 1.69. The van der Waals surface area contributed by atoms with Crippen LogP contribution in [0.1, 0.15) is 36.6 Å². The minimum atomic E-state index is -3.15. The average molecular weight is 332 g/mol. The SMILES string of the molecule is CS(=O)(=O)c1ccc(C2CCCC(=NCc3ccco3)N2)cc1. The Morgan fingerprint density at radius 3 is 2.70 bits per heavy atom. The van der Waals surface area contributed by atoms with Gasteiger partial charge in [0, 0.05) is 12.7 Å². The average Bonchev–Trinajstić information content (AvgIpc) is 3.06. The van der Waals surface area contributed by atoms with E-state index >= 15 is 0 Å². The Hall–Kier alpha value is -2.08. The first-order valence-electron chi connectivity index (χ1n) is 7.64. The summed E-state index contributed by atoms with van der Waals surface area (Å²) in [5, 5.41) is 3.45. The minimum absolute atomic E-state index is 0.174. The van der Waals surface area contributed by atoms with Crippen LogP contribution >= 0.6 is 0 Å². The highest BCUT2D eigenvalue weighted by atomic mass is 32.2. The number of piperidine rings is 1. The van der Waals surface area contributed by atoms with Gasteiger partial charge in [0.1, 0.15) is 5.76 Å². The van der Waals surface area contributed by atoms with Crippen molar-refractivity contribution < 1.29 is 12.8 Å². The molecule has 0 radical (unpaired) electrons. The minimum Gasteiger partial charge on any atom is -0.467 e. The monoisotopic (exact) mass is 332 g/mol. The summed E-state index contributed by atoms with van der Waals surface area (Å²) in [6, 6.07) is 11.0. The molecule has 122 valence electrons. The molecule has 23 heavy (non-hydrogen) atoms. The van der Waals surface area contributed by atoms with Crippen LogP contribution < -0.4 is 5.32 Å². The maximum atomic E-state index is 11.5. The zero-order valence-corrected chi connectivity index (χ0v) is 13.8. The fourth-order valence-electron chi connectivity index (χ4n) is 2.72. The van der Waals surface area contributed by atoms with Gasteiger partial charge in [-0.1, -0.05) is 12.1 Å². The van der Waals surface area contributed by atoms with Crippen LogP contribution in [0.2, 0.25) is 0 Å². The molecule has 0 aliphatic carbocycles. The summed E-state index contributed by atoms with van der Waals surface area (Å²) in [4.78, 5) is 4.92. The van der Waals surface area contributed by atoms with Crippen LogP contribution in [0, 0.1) is 0 Å². The van der Waals surface area contributed by atoms with E-state index in [0.717, 1.165) is 36.4 Å². The lowest BCUT2D eigenvalue weighted by molar-refractivity contribution is 0.503. The van der Waals surface area contributed by atoms with Crippen molar-refractivity contribution in [1.82, 2.24) is 5.32 Å². The first-order chi connectivity index (χ1) is 11.0. The first-order valence-corrected chi connectivity index (χ1v) is 9.54. The number of hydrogen-bond donors (Lipinski definition) is 1. The summed E-state index contributed by atoms with van der Waals surface area (Å²) in [7, 11) is -3.15. The maximum absolute atomic E-state index is 11.5. The summed E-state index contributed by atoms with van der Waals surface area (Å²) in [5.74, 6) is 1.82. The second kappa shape index (κ2) is 6.58. The van der Waals surface area contributed by atoms with Crippen molar-refractivity contribution in [3.63, 3.8) is 0 Å². The number of amidine groups is 1. The summed E-state index contributed by atoms with van der Waals surface area (Å²) in [6.45, 7) is 0.537. The van der Waals surface area contributed by atoms with Crippen molar-refractivity contribution in [2.45, 2.75) is 36.7 Å². The smallest absolute Gasteiger partial charge is 0.175 e. The van der Waals surface area contributed by atoms with E-state index in [2.05, 4.69) is 10.3 Å². The Kier molecular flexibility index (Phi) is 4.52. The predicted octanol–water partition coefficient (Wildman–Crippen LogP) is 3.10. The topological polar surface area (TPSA) is 71.7 Å². The second-order valence-corrected chi connectivity index (χ2v) is 7.79. The maximum Gasteiger partial charge on any atom is 0.175 e. The van der Waals surface area contributed by atoms with Crippen molar-refractivity contribution >= 4 is 15.7 Å². The van der Waals surface area contributed by atoms with Gasteiger partial charge in [0.25, 0.3) is 0 Å². The molecule has 1 atom stereocenters. The Labute approximate surface area is 136 Å². The van der Waals surface area contributed by atoms with Crippen molar-refractivity contribution in [3.05, 3.63) is 54.0 Å². The molecule has 1 aliphatic rings. The van der Waals surface area contributed by atoms with Gasteiger partial charge in [-0.3, -0.25) is 4.99 Å². The van der Waals surface area contributed by atoms with Crippen LogP contribution in [0.5, 0.6) is 0 Å². The molecule has 0 saturated carbocycles. The van der Waals surface area contributed by atoms with Gasteiger partial charge < -0.3 is 9.73 Å². The molecular formula is C17H20N2O3S.